The summed E-state index contributed by atoms with van der Waals surface area (Å²) in [4.78, 5) is 12.7. The summed E-state index contributed by atoms with van der Waals surface area (Å²) in [5, 5.41) is 8.79. The third-order valence-corrected chi connectivity index (χ3v) is 2.24. The Morgan fingerprint density at radius 1 is 1.64 bits per heavy atom. The maximum Gasteiger partial charge on any atom is 0.320 e. The van der Waals surface area contributed by atoms with Gasteiger partial charge in [0.25, 0.3) is 0 Å². The van der Waals surface area contributed by atoms with Crippen LogP contribution in [-0.2, 0) is 4.79 Å². The minimum atomic E-state index is -0.670. The van der Waals surface area contributed by atoms with Gasteiger partial charge in [-0.25, -0.2) is 0 Å². The molecule has 1 aliphatic rings. The Morgan fingerprint density at radius 3 is 2.64 bits per heavy atom. The van der Waals surface area contributed by atoms with Gasteiger partial charge in [0.15, 0.2) is 0 Å². The second-order valence-corrected chi connectivity index (χ2v) is 3.33. The fraction of sp³-hybridized carbons (Fsp3) is 0.875. The van der Waals surface area contributed by atoms with Crippen molar-refractivity contribution in [2.75, 3.05) is 6.54 Å². The second kappa shape index (κ2) is 3.22. The van der Waals surface area contributed by atoms with Crippen molar-refractivity contribution in [3.05, 3.63) is 0 Å². The molecule has 0 spiro atoms. The smallest absolute Gasteiger partial charge is 0.320 e. The van der Waals surface area contributed by atoms with Gasteiger partial charge in [-0.2, -0.15) is 0 Å². The molecule has 1 N–H and O–H groups in total. The van der Waals surface area contributed by atoms with Crippen LogP contribution in [0.3, 0.4) is 0 Å². The summed E-state index contributed by atoms with van der Waals surface area (Å²) in [5.41, 5.74) is 0. The van der Waals surface area contributed by atoms with E-state index in [2.05, 4.69) is 0 Å². The van der Waals surface area contributed by atoms with Crippen molar-refractivity contribution in [1.82, 2.24) is 4.90 Å². The van der Waals surface area contributed by atoms with Gasteiger partial charge in [0, 0.05) is 6.04 Å². The minimum absolute atomic E-state index is 0.227. The maximum absolute atomic E-state index is 10.7. The first-order valence-electron chi connectivity index (χ1n) is 4.11. The zero-order valence-electron chi connectivity index (χ0n) is 7.08. The minimum Gasteiger partial charge on any atom is -0.480 e. The van der Waals surface area contributed by atoms with E-state index in [0.29, 0.717) is 6.04 Å². The molecule has 0 unspecified atom stereocenters. The van der Waals surface area contributed by atoms with Gasteiger partial charge in [0.1, 0.15) is 6.04 Å². The van der Waals surface area contributed by atoms with E-state index in [0.717, 1.165) is 19.4 Å². The van der Waals surface area contributed by atoms with E-state index >= 15 is 0 Å². The highest BCUT2D eigenvalue weighted by Crippen LogP contribution is 2.19. The van der Waals surface area contributed by atoms with Gasteiger partial charge in [-0.15, -0.1) is 0 Å². The molecule has 3 heteroatoms. The van der Waals surface area contributed by atoms with Crippen molar-refractivity contribution < 1.29 is 9.90 Å². The molecule has 0 aliphatic carbocycles. The molecule has 64 valence electrons. The van der Waals surface area contributed by atoms with Crippen LogP contribution in [0.15, 0.2) is 0 Å². The van der Waals surface area contributed by atoms with Crippen LogP contribution in [0.1, 0.15) is 26.7 Å². The predicted octanol–water partition coefficient (Wildman–Crippen LogP) is 0.944. The van der Waals surface area contributed by atoms with Crippen molar-refractivity contribution in [1.29, 1.82) is 0 Å². The number of likely N-dealkylation sites (tertiary alicyclic amines) is 1. The van der Waals surface area contributed by atoms with Crippen LogP contribution in [0.5, 0.6) is 0 Å². The Kier molecular flexibility index (Phi) is 2.49. The molecule has 1 fully saturated rings. The molecule has 0 aromatic carbocycles. The lowest BCUT2D eigenvalue weighted by atomic mass is 10.2. The topological polar surface area (TPSA) is 40.5 Å². The molecule has 0 radical (unpaired) electrons. The van der Waals surface area contributed by atoms with E-state index in [1.54, 1.807) is 0 Å². The van der Waals surface area contributed by atoms with E-state index in [1.165, 1.54) is 0 Å². The Bertz CT molecular complexity index is 156. The molecule has 1 heterocycles. The predicted molar refractivity (Wildman–Crippen MR) is 42.5 cm³/mol. The summed E-state index contributed by atoms with van der Waals surface area (Å²) in [6.45, 7) is 5.02. The quantitative estimate of drug-likeness (QED) is 0.648. The molecule has 1 rings (SSSR count). The van der Waals surface area contributed by atoms with Crippen LogP contribution in [0.2, 0.25) is 0 Å². The average molecular weight is 157 g/mol. The van der Waals surface area contributed by atoms with Crippen LogP contribution >= 0.6 is 0 Å². The van der Waals surface area contributed by atoms with Gasteiger partial charge in [-0.3, -0.25) is 9.69 Å². The van der Waals surface area contributed by atoms with Crippen LogP contribution < -0.4 is 0 Å². The van der Waals surface area contributed by atoms with Crippen molar-refractivity contribution in [3.8, 4) is 0 Å². The third kappa shape index (κ3) is 1.71. The van der Waals surface area contributed by atoms with Crippen LogP contribution in [0.25, 0.3) is 0 Å². The maximum atomic E-state index is 10.7. The number of hydrogen-bond donors (Lipinski definition) is 1. The first kappa shape index (κ1) is 8.53. The van der Waals surface area contributed by atoms with Gasteiger partial charge < -0.3 is 5.11 Å². The Labute approximate surface area is 67.0 Å². The molecule has 1 saturated heterocycles. The van der Waals surface area contributed by atoms with Crippen molar-refractivity contribution in [2.45, 2.75) is 38.8 Å². The summed E-state index contributed by atoms with van der Waals surface area (Å²) in [5.74, 6) is -0.670. The Balaban J connectivity index is 2.58. The zero-order valence-corrected chi connectivity index (χ0v) is 7.08. The van der Waals surface area contributed by atoms with Crippen LogP contribution in [0, 0.1) is 0 Å². The number of aliphatic carboxylic acids is 1. The third-order valence-electron chi connectivity index (χ3n) is 2.24. The van der Waals surface area contributed by atoms with Crippen molar-refractivity contribution in [3.63, 3.8) is 0 Å². The fourth-order valence-electron chi connectivity index (χ4n) is 1.67. The van der Waals surface area contributed by atoms with Gasteiger partial charge in [0.2, 0.25) is 0 Å². The summed E-state index contributed by atoms with van der Waals surface area (Å²) in [6, 6.07) is 0.133. The van der Waals surface area contributed by atoms with Crippen LogP contribution in [0.4, 0.5) is 0 Å². The number of carboxylic acid groups (broad SMARTS) is 1. The molecule has 11 heavy (non-hydrogen) atoms. The molecule has 1 aliphatic heterocycles. The number of carbonyl (C=O) groups is 1. The first-order chi connectivity index (χ1) is 5.13. The molecule has 0 bridgehead atoms. The molecular formula is C8H15NO2. The van der Waals surface area contributed by atoms with E-state index in [4.69, 9.17) is 5.11 Å². The van der Waals surface area contributed by atoms with Crippen molar-refractivity contribution in [2.24, 2.45) is 0 Å². The monoisotopic (exact) mass is 157 g/mol. The fourth-order valence-corrected chi connectivity index (χ4v) is 1.67. The summed E-state index contributed by atoms with van der Waals surface area (Å²) in [6.07, 6.45) is 1.84. The average Bonchev–Trinajstić information content (AvgIpc) is 2.32. The summed E-state index contributed by atoms with van der Waals surface area (Å²) in [7, 11) is 0. The second-order valence-electron chi connectivity index (χ2n) is 3.33. The van der Waals surface area contributed by atoms with Gasteiger partial charge in [0.05, 0.1) is 0 Å². The SMILES string of the molecule is CC(C)N1CCC[C@H]1C(=O)O. The van der Waals surface area contributed by atoms with E-state index in [9.17, 15) is 4.79 Å². The zero-order chi connectivity index (χ0) is 8.43. The number of carboxylic acids is 1. The van der Waals surface area contributed by atoms with Crippen LogP contribution in [-0.4, -0.2) is 34.6 Å². The summed E-state index contributed by atoms with van der Waals surface area (Å²) < 4.78 is 0. The van der Waals surface area contributed by atoms with E-state index in [1.807, 2.05) is 18.7 Å². The lowest BCUT2D eigenvalue weighted by Crippen LogP contribution is -2.40. The molecular weight excluding hydrogens is 142 g/mol. The largest absolute Gasteiger partial charge is 0.480 e. The highest BCUT2D eigenvalue weighted by Gasteiger charge is 2.31. The first-order valence-corrected chi connectivity index (χ1v) is 4.11. The van der Waals surface area contributed by atoms with Gasteiger partial charge in [-0.05, 0) is 33.2 Å². The normalized spacial score (nSPS) is 26.3. The lowest BCUT2D eigenvalue weighted by Gasteiger charge is -2.24. The molecule has 0 aromatic heterocycles. The number of hydrogen-bond acceptors (Lipinski definition) is 2. The Hall–Kier alpha value is -0.570. The molecule has 3 nitrogen and oxygen atoms in total. The van der Waals surface area contributed by atoms with Crippen molar-refractivity contribution >= 4 is 5.97 Å². The Morgan fingerprint density at radius 2 is 2.27 bits per heavy atom. The van der Waals surface area contributed by atoms with Gasteiger partial charge in [-0.1, -0.05) is 0 Å². The van der Waals surface area contributed by atoms with E-state index < -0.39 is 5.97 Å². The highest BCUT2D eigenvalue weighted by molar-refractivity contribution is 5.73. The lowest BCUT2D eigenvalue weighted by molar-refractivity contribution is -0.142. The molecule has 1 atom stereocenters. The van der Waals surface area contributed by atoms with Gasteiger partial charge >= 0.3 is 5.97 Å². The highest BCUT2D eigenvalue weighted by atomic mass is 16.4. The standard InChI is InChI=1S/C8H15NO2/c1-6(2)9-5-3-4-7(9)8(10)11/h6-7H,3-5H2,1-2H3,(H,10,11)/t7-/m0/s1. The number of nitrogens with zero attached hydrogens (tertiary/aromatic N) is 1. The molecule has 0 saturated carbocycles. The molecule has 0 aromatic rings. The molecule has 0 amide bonds. The number of rotatable bonds is 2. The summed E-state index contributed by atoms with van der Waals surface area (Å²) >= 11 is 0. The van der Waals surface area contributed by atoms with E-state index in [-0.39, 0.29) is 6.04 Å².